The average molecular weight is 317 g/mol. The summed E-state index contributed by atoms with van der Waals surface area (Å²) >= 11 is 4.60. The monoisotopic (exact) mass is 317 g/mol. The van der Waals surface area contributed by atoms with Crippen LogP contribution in [0.25, 0.3) is 0 Å². The van der Waals surface area contributed by atoms with Crippen LogP contribution >= 0.6 is 12.2 Å². The van der Waals surface area contributed by atoms with E-state index in [1.165, 1.54) is 11.0 Å². The fourth-order valence-electron chi connectivity index (χ4n) is 2.00. The smallest absolute Gasteiger partial charge is 0.389 e. The molecule has 0 aliphatic carbocycles. The van der Waals surface area contributed by atoms with Gasteiger partial charge in [-0.25, -0.2) is 0 Å². The van der Waals surface area contributed by atoms with Crippen LogP contribution in [0.5, 0.6) is 0 Å². The van der Waals surface area contributed by atoms with Crippen LogP contribution in [0.2, 0.25) is 0 Å². The van der Waals surface area contributed by atoms with Gasteiger partial charge in [-0.05, 0) is 18.2 Å². The highest BCUT2D eigenvalue weighted by atomic mass is 32.1. The molecule has 1 aliphatic rings. The molecule has 1 saturated heterocycles. The Morgan fingerprint density at radius 3 is 2.29 bits per heavy atom. The average Bonchev–Trinajstić information content (AvgIpc) is 2.35. The molecule has 21 heavy (non-hydrogen) atoms. The molecule has 2 rings (SSSR count). The maximum absolute atomic E-state index is 13.0. The van der Waals surface area contributed by atoms with Crippen molar-refractivity contribution >= 4 is 34.7 Å². The highest BCUT2D eigenvalue weighted by Crippen LogP contribution is 2.34. The van der Waals surface area contributed by atoms with Crippen LogP contribution < -0.4 is 16.0 Å². The molecular weight excluding hydrogens is 307 g/mol. The topological polar surface area (TPSA) is 75.4 Å². The van der Waals surface area contributed by atoms with Gasteiger partial charge < -0.3 is 10.6 Å². The normalized spacial score (nSPS) is 15.9. The van der Waals surface area contributed by atoms with E-state index in [0.717, 1.165) is 12.1 Å². The van der Waals surface area contributed by atoms with Crippen molar-refractivity contribution < 1.29 is 22.8 Å². The summed E-state index contributed by atoms with van der Waals surface area (Å²) in [5.41, 5.74) is 4.09. The largest absolute Gasteiger partial charge is 0.417 e. The Bertz CT molecular complexity index is 615. The van der Waals surface area contributed by atoms with Crippen LogP contribution in [0, 0.1) is 0 Å². The molecule has 0 spiro atoms. The number of nitrogens with zero attached hydrogens (tertiary/aromatic N) is 1. The fraction of sp³-hybridized carbons (Fsp3) is 0.250. The standard InChI is InChI=1S/C12H10F3N3O2S/c13-12(14,15)8-3-6(1-2-7(8)11(16)21)18-4-9(19)17-10(20)5-18/h1-3H,4-5H2,(H2,16,21)(H,17,19,20). The van der Waals surface area contributed by atoms with Gasteiger partial charge in [0.15, 0.2) is 0 Å². The van der Waals surface area contributed by atoms with E-state index in [1.807, 2.05) is 0 Å². The van der Waals surface area contributed by atoms with Gasteiger partial charge in [0, 0.05) is 11.3 Å². The number of rotatable bonds is 2. The first-order chi connectivity index (χ1) is 9.68. The van der Waals surface area contributed by atoms with Gasteiger partial charge in [0.2, 0.25) is 11.8 Å². The van der Waals surface area contributed by atoms with Crippen molar-refractivity contribution in [1.29, 1.82) is 0 Å². The van der Waals surface area contributed by atoms with Crippen LogP contribution in [0.15, 0.2) is 18.2 Å². The Hall–Kier alpha value is -2.16. The number of nitrogens with two attached hydrogens (primary N) is 1. The van der Waals surface area contributed by atoms with E-state index in [0.29, 0.717) is 0 Å². The van der Waals surface area contributed by atoms with Gasteiger partial charge in [-0.3, -0.25) is 14.9 Å². The maximum atomic E-state index is 13.0. The molecule has 0 aromatic heterocycles. The number of thiocarbonyl (C=S) groups is 1. The number of hydrogen-bond donors (Lipinski definition) is 2. The molecule has 1 aromatic carbocycles. The number of carbonyl (C=O) groups excluding carboxylic acids is 2. The van der Waals surface area contributed by atoms with Crippen molar-refractivity contribution in [3.8, 4) is 0 Å². The lowest BCUT2D eigenvalue weighted by atomic mass is 10.0. The second-order valence-electron chi connectivity index (χ2n) is 4.42. The molecule has 0 bridgehead atoms. The first-order valence-electron chi connectivity index (χ1n) is 5.77. The van der Waals surface area contributed by atoms with E-state index in [4.69, 9.17) is 5.73 Å². The molecule has 5 nitrogen and oxygen atoms in total. The van der Waals surface area contributed by atoms with E-state index in [-0.39, 0.29) is 29.3 Å². The maximum Gasteiger partial charge on any atom is 0.417 e. The fourth-order valence-corrected chi connectivity index (χ4v) is 2.18. The van der Waals surface area contributed by atoms with Crippen molar-refractivity contribution in [1.82, 2.24) is 5.32 Å². The number of alkyl halides is 3. The molecule has 3 N–H and O–H groups in total. The van der Waals surface area contributed by atoms with Gasteiger partial charge in [0.05, 0.1) is 18.7 Å². The number of halogens is 3. The summed E-state index contributed by atoms with van der Waals surface area (Å²) in [5, 5.41) is 2.07. The van der Waals surface area contributed by atoms with Crippen molar-refractivity contribution in [3.63, 3.8) is 0 Å². The van der Waals surface area contributed by atoms with Gasteiger partial charge >= 0.3 is 6.18 Å². The Kier molecular flexibility index (Phi) is 3.86. The van der Waals surface area contributed by atoms with Crippen molar-refractivity contribution in [2.24, 2.45) is 5.73 Å². The first-order valence-corrected chi connectivity index (χ1v) is 6.18. The van der Waals surface area contributed by atoms with Crippen LogP contribution in [0.3, 0.4) is 0 Å². The number of benzene rings is 1. The Labute approximate surface area is 122 Å². The molecule has 1 aromatic rings. The number of anilines is 1. The molecule has 0 unspecified atom stereocenters. The molecule has 2 amide bonds. The molecule has 0 saturated carbocycles. The van der Waals surface area contributed by atoms with Crippen LogP contribution in [-0.2, 0) is 15.8 Å². The third kappa shape index (κ3) is 3.30. The second-order valence-corrected chi connectivity index (χ2v) is 4.86. The highest BCUT2D eigenvalue weighted by Gasteiger charge is 2.35. The summed E-state index contributed by atoms with van der Waals surface area (Å²) in [6, 6.07) is 3.31. The summed E-state index contributed by atoms with van der Waals surface area (Å²) in [5.74, 6) is -1.14. The van der Waals surface area contributed by atoms with Crippen molar-refractivity contribution in [2.75, 3.05) is 18.0 Å². The molecular formula is C12H10F3N3O2S. The van der Waals surface area contributed by atoms with Crippen molar-refractivity contribution in [3.05, 3.63) is 29.3 Å². The van der Waals surface area contributed by atoms with E-state index < -0.39 is 23.6 Å². The number of amides is 2. The third-order valence-corrected chi connectivity index (χ3v) is 3.11. The number of hydrogen-bond acceptors (Lipinski definition) is 4. The van der Waals surface area contributed by atoms with E-state index in [1.54, 1.807) is 0 Å². The van der Waals surface area contributed by atoms with E-state index in [9.17, 15) is 22.8 Å². The number of piperazine rings is 1. The van der Waals surface area contributed by atoms with Crippen molar-refractivity contribution in [2.45, 2.75) is 6.18 Å². The number of nitrogens with one attached hydrogen (secondary N) is 1. The molecule has 1 fully saturated rings. The third-order valence-electron chi connectivity index (χ3n) is 2.89. The summed E-state index contributed by atoms with van der Waals surface area (Å²) in [7, 11) is 0. The predicted molar refractivity (Wildman–Crippen MR) is 72.7 cm³/mol. The summed E-state index contributed by atoms with van der Waals surface area (Å²) in [6.45, 7) is -0.398. The SMILES string of the molecule is NC(=S)c1ccc(N2CC(=O)NC(=O)C2)cc1C(F)(F)F. The summed E-state index contributed by atoms with van der Waals surface area (Å²) < 4.78 is 39.1. The molecule has 1 heterocycles. The second kappa shape index (κ2) is 5.32. The zero-order valence-electron chi connectivity index (χ0n) is 10.5. The first kappa shape index (κ1) is 15.2. The Morgan fingerprint density at radius 2 is 1.81 bits per heavy atom. The number of imide groups is 1. The minimum absolute atomic E-state index is 0.102. The minimum atomic E-state index is -4.64. The quantitative estimate of drug-likeness (QED) is 0.623. The molecule has 112 valence electrons. The number of carbonyl (C=O) groups is 2. The van der Waals surface area contributed by atoms with Crippen LogP contribution in [0.1, 0.15) is 11.1 Å². The van der Waals surface area contributed by atoms with Crippen LogP contribution in [-0.4, -0.2) is 29.9 Å². The minimum Gasteiger partial charge on any atom is -0.389 e. The van der Waals surface area contributed by atoms with E-state index >= 15 is 0 Å². The Balaban J connectivity index is 2.44. The molecule has 0 atom stereocenters. The molecule has 1 aliphatic heterocycles. The highest BCUT2D eigenvalue weighted by molar-refractivity contribution is 7.80. The van der Waals surface area contributed by atoms with Gasteiger partial charge in [-0.15, -0.1) is 0 Å². The Morgan fingerprint density at radius 1 is 1.24 bits per heavy atom. The summed E-state index contributed by atoms with van der Waals surface area (Å²) in [6.07, 6.45) is -4.64. The lowest BCUT2D eigenvalue weighted by molar-refractivity contribution is -0.137. The molecule has 0 radical (unpaired) electrons. The summed E-state index contributed by atoms with van der Waals surface area (Å²) in [4.78, 5) is 23.4. The molecule has 9 heteroatoms. The van der Waals surface area contributed by atoms with Crippen LogP contribution in [0.4, 0.5) is 18.9 Å². The van der Waals surface area contributed by atoms with E-state index in [2.05, 4.69) is 17.5 Å². The lowest BCUT2D eigenvalue weighted by Crippen LogP contribution is -2.51. The zero-order valence-corrected chi connectivity index (χ0v) is 11.3. The van der Waals surface area contributed by atoms with Gasteiger partial charge in [-0.1, -0.05) is 12.2 Å². The predicted octanol–water partition coefficient (Wildman–Crippen LogP) is 0.802. The van der Waals surface area contributed by atoms with Gasteiger partial charge in [-0.2, -0.15) is 13.2 Å². The van der Waals surface area contributed by atoms with Gasteiger partial charge in [0.25, 0.3) is 0 Å². The lowest BCUT2D eigenvalue weighted by Gasteiger charge is -2.28. The van der Waals surface area contributed by atoms with Gasteiger partial charge in [0.1, 0.15) is 4.99 Å². The zero-order chi connectivity index (χ0) is 15.8.